The fourth-order valence-corrected chi connectivity index (χ4v) is 13.1. The third-order valence-electron chi connectivity index (χ3n) is 15.6. The normalized spacial score (nSPS) is 21.6. The lowest BCUT2D eigenvalue weighted by atomic mass is 9.42. The number of rotatable bonds is 6. The molecule has 9 aromatic rings. The Hall–Kier alpha value is -6.76. The molecule has 0 heteroatoms. The maximum Gasteiger partial charge on any atom is 0.0278 e. The monoisotopic (exact) mass is 792 g/mol. The van der Waals surface area contributed by atoms with Crippen molar-refractivity contribution < 1.29 is 0 Å². The van der Waals surface area contributed by atoms with Crippen LogP contribution in [-0.4, -0.2) is 0 Å². The molecule has 0 aliphatic heterocycles. The molecule has 0 nitrogen and oxygen atoms in total. The summed E-state index contributed by atoms with van der Waals surface area (Å²) in [4.78, 5) is 0. The summed E-state index contributed by atoms with van der Waals surface area (Å²) in [7, 11) is 0. The van der Waals surface area contributed by atoms with E-state index in [4.69, 9.17) is 0 Å². The SMILES string of the molecule is c1ccc(-c2ccc(-c3cc(-c4ccc(-c5cccc6c5C5(c7cc8ccccc8cc7-6)C6CC7CC(C6)CC5C7)cc4)cc(-c4cccc(-c5ccccc5)c4)c3)cc2)cc1. The highest BCUT2D eigenvalue weighted by Gasteiger charge is 2.62. The molecule has 0 atom stereocenters. The van der Waals surface area contributed by atoms with Gasteiger partial charge < -0.3 is 0 Å². The third-order valence-corrected chi connectivity index (χ3v) is 15.6. The number of benzene rings is 9. The Balaban J connectivity index is 0.932. The van der Waals surface area contributed by atoms with Crippen molar-refractivity contribution in [2.24, 2.45) is 23.7 Å². The summed E-state index contributed by atoms with van der Waals surface area (Å²) >= 11 is 0. The Kier molecular flexibility index (Phi) is 8.20. The van der Waals surface area contributed by atoms with Crippen molar-refractivity contribution >= 4 is 10.8 Å². The lowest BCUT2D eigenvalue weighted by Gasteiger charge is -2.61. The van der Waals surface area contributed by atoms with Gasteiger partial charge in [-0.1, -0.05) is 170 Å². The van der Waals surface area contributed by atoms with E-state index < -0.39 is 0 Å². The van der Waals surface area contributed by atoms with Crippen LogP contribution in [0.15, 0.2) is 206 Å². The van der Waals surface area contributed by atoms with Crippen LogP contribution in [0, 0.1) is 23.7 Å². The van der Waals surface area contributed by atoms with Gasteiger partial charge in [0.05, 0.1) is 0 Å². The van der Waals surface area contributed by atoms with Gasteiger partial charge in [0.15, 0.2) is 0 Å². The molecule has 0 amide bonds. The lowest BCUT2D eigenvalue weighted by Crippen LogP contribution is -2.55. The van der Waals surface area contributed by atoms with Gasteiger partial charge in [0, 0.05) is 5.41 Å². The van der Waals surface area contributed by atoms with Gasteiger partial charge in [0.1, 0.15) is 0 Å². The molecular weight excluding hydrogens is 745 g/mol. The molecule has 5 aliphatic rings. The first-order valence-corrected chi connectivity index (χ1v) is 22.9. The standard InChI is InChI=1S/C62H48/c1-3-11-42(12-4-1)44-21-23-45(24-22-44)52-35-53(37-54(36-52)49-18-9-17-48(34-49)43-13-5-2-6-14-43)46-25-27-47(28-26-46)57-19-10-20-58-59-38-50-15-7-8-16-51(50)39-60(59)62(61(57)58)55-30-40-29-41(32-55)33-56(62)31-40/h1-28,34-41,55-56H,29-33H2. The Labute approximate surface area is 365 Å². The second kappa shape index (κ2) is 14.1. The topological polar surface area (TPSA) is 0 Å². The first-order valence-electron chi connectivity index (χ1n) is 22.9. The van der Waals surface area contributed by atoms with E-state index in [2.05, 4.69) is 206 Å². The fraction of sp³-hybridized carbons (Fsp3) is 0.161. The summed E-state index contributed by atoms with van der Waals surface area (Å²) in [5.74, 6) is 3.24. The average Bonchev–Trinajstić information content (AvgIpc) is 3.62. The van der Waals surface area contributed by atoms with Crippen molar-refractivity contribution in [1.82, 2.24) is 0 Å². The maximum absolute atomic E-state index is 2.62. The molecule has 62 heavy (non-hydrogen) atoms. The van der Waals surface area contributed by atoms with Gasteiger partial charge in [0.2, 0.25) is 0 Å². The van der Waals surface area contributed by atoms with Crippen LogP contribution >= 0.6 is 0 Å². The molecule has 4 saturated carbocycles. The van der Waals surface area contributed by atoms with E-state index in [1.54, 1.807) is 11.1 Å². The molecule has 0 N–H and O–H groups in total. The van der Waals surface area contributed by atoms with E-state index in [-0.39, 0.29) is 5.41 Å². The fourth-order valence-electron chi connectivity index (χ4n) is 13.1. The molecule has 0 saturated heterocycles. The Morgan fingerprint density at radius 2 is 0.677 bits per heavy atom. The molecule has 0 unspecified atom stereocenters. The van der Waals surface area contributed by atoms with Crippen LogP contribution in [0.25, 0.3) is 88.7 Å². The van der Waals surface area contributed by atoms with Crippen molar-refractivity contribution in [3.8, 4) is 77.9 Å². The summed E-state index contributed by atoms with van der Waals surface area (Å²) in [5.41, 5.74) is 21.4. The highest BCUT2D eigenvalue weighted by molar-refractivity contribution is 5.97. The zero-order chi connectivity index (χ0) is 40.8. The molecule has 0 aromatic heterocycles. The minimum Gasteiger partial charge on any atom is -0.0622 e. The second-order valence-electron chi connectivity index (χ2n) is 18.9. The first kappa shape index (κ1) is 35.9. The summed E-state index contributed by atoms with van der Waals surface area (Å²) < 4.78 is 0. The van der Waals surface area contributed by atoms with Gasteiger partial charge in [-0.3, -0.25) is 0 Å². The highest BCUT2D eigenvalue weighted by Crippen LogP contribution is 2.70. The zero-order valence-corrected chi connectivity index (χ0v) is 35.0. The quantitative estimate of drug-likeness (QED) is 0.157. The molecular formula is C62H48. The minimum absolute atomic E-state index is 0.0883. The van der Waals surface area contributed by atoms with Crippen LogP contribution in [-0.2, 0) is 5.41 Å². The predicted molar refractivity (Wildman–Crippen MR) is 260 cm³/mol. The van der Waals surface area contributed by atoms with Crippen molar-refractivity contribution in [2.75, 3.05) is 0 Å². The van der Waals surface area contributed by atoms with Gasteiger partial charge >= 0.3 is 0 Å². The molecule has 296 valence electrons. The largest absolute Gasteiger partial charge is 0.0622 e. The van der Waals surface area contributed by atoms with Crippen LogP contribution in [0.5, 0.6) is 0 Å². The summed E-state index contributed by atoms with van der Waals surface area (Å²) in [5, 5.41) is 2.74. The van der Waals surface area contributed by atoms with Crippen molar-refractivity contribution in [3.63, 3.8) is 0 Å². The van der Waals surface area contributed by atoms with E-state index in [0.29, 0.717) is 11.8 Å². The average molecular weight is 793 g/mol. The minimum atomic E-state index is 0.0883. The van der Waals surface area contributed by atoms with Crippen molar-refractivity contribution in [3.05, 3.63) is 217 Å². The van der Waals surface area contributed by atoms with Crippen LogP contribution < -0.4 is 0 Å². The van der Waals surface area contributed by atoms with E-state index in [0.717, 1.165) is 11.8 Å². The van der Waals surface area contributed by atoms with Crippen molar-refractivity contribution in [2.45, 2.75) is 37.5 Å². The number of fused-ring (bicyclic) bond motifs is 4. The van der Waals surface area contributed by atoms with E-state index >= 15 is 0 Å². The van der Waals surface area contributed by atoms with Gasteiger partial charge in [-0.2, -0.15) is 0 Å². The zero-order valence-electron chi connectivity index (χ0n) is 35.0. The summed E-state index contributed by atoms with van der Waals surface area (Å²) in [6.45, 7) is 0. The molecule has 9 aromatic carbocycles. The van der Waals surface area contributed by atoms with Crippen LogP contribution in [0.1, 0.15) is 43.2 Å². The van der Waals surface area contributed by atoms with E-state index in [1.165, 1.54) is 121 Å². The predicted octanol–water partition coefficient (Wildman–Crippen LogP) is 16.6. The first-order chi connectivity index (χ1) is 30.7. The van der Waals surface area contributed by atoms with Crippen molar-refractivity contribution in [1.29, 1.82) is 0 Å². The molecule has 4 fully saturated rings. The Morgan fingerprint density at radius 3 is 1.27 bits per heavy atom. The van der Waals surface area contributed by atoms with Crippen LogP contribution in [0.3, 0.4) is 0 Å². The second-order valence-corrected chi connectivity index (χ2v) is 18.9. The van der Waals surface area contributed by atoms with E-state index in [9.17, 15) is 0 Å². The molecule has 5 aliphatic carbocycles. The Morgan fingerprint density at radius 1 is 0.274 bits per heavy atom. The maximum atomic E-state index is 2.62. The third kappa shape index (κ3) is 5.66. The smallest absolute Gasteiger partial charge is 0.0278 e. The van der Waals surface area contributed by atoms with Gasteiger partial charge in [-0.25, -0.2) is 0 Å². The summed E-state index contributed by atoms with van der Waals surface area (Å²) in [6, 6.07) is 77.7. The molecule has 14 rings (SSSR count). The molecule has 1 spiro atoms. The van der Waals surface area contributed by atoms with Gasteiger partial charge in [-0.05, 0) is 192 Å². The number of hydrogen-bond acceptors (Lipinski definition) is 0. The molecule has 4 bridgehead atoms. The van der Waals surface area contributed by atoms with E-state index in [1.807, 2.05) is 0 Å². The number of hydrogen-bond donors (Lipinski definition) is 0. The van der Waals surface area contributed by atoms with Crippen LogP contribution in [0.2, 0.25) is 0 Å². The summed E-state index contributed by atoms with van der Waals surface area (Å²) in [6.07, 6.45) is 6.99. The van der Waals surface area contributed by atoms with Gasteiger partial charge in [-0.15, -0.1) is 0 Å². The molecule has 0 heterocycles. The molecule has 0 radical (unpaired) electrons. The lowest BCUT2D eigenvalue weighted by molar-refractivity contribution is -0.0396. The van der Waals surface area contributed by atoms with Gasteiger partial charge in [0.25, 0.3) is 0 Å². The Bertz CT molecular complexity index is 3120. The van der Waals surface area contributed by atoms with Crippen LogP contribution in [0.4, 0.5) is 0 Å². The highest BCUT2D eigenvalue weighted by atomic mass is 14.6.